The van der Waals surface area contributed by atoms with E-state index in [9.17, 15) is 32.9 Å². The van der Waals surface area contributed by atoms with Gasteiger partial charge in [-0.3, -0.25) is 24.6 Å². The van der Waals surface area contributed by atoms with Gasteiger partial charge in [0.25, 0.3) is 11.6 Å². The van der Waals surface area contributed by atoms with Gasteiger partial charge in [0.15, 0.2) is 6.61 Å². The number of halogens is 3. The molecule has 0 fully saturated rings. The Morgan fingerprint density at radius 1 is 1.29 bits per heavy atom. The highest BCUT2D eigenvalue weighted by atomic mass is 19.4. The normalized spacial score (nSPS) is 14.4. The number of non-ortho nitro benzene ring substituents is 1. The Bertz CT molecular complexity index is 773. The summed E-state index contributed by atoms with van der Waals surface area (Å²) in [5, 5.41) is 11.0. The number of amides is 2. The van der Waals surface area contributed by atoms with Crippen molar-refractivity contribution in [1.29, 1.82) is 0 Å². The fourth-order valence-electron chi connectivity index (χ4n) is 2.73. The molecule has 154 valence electrons. The molecule has 0 aliphatic carbocycles. The predicted octanol–water partition coefficient (Wildman–Crippen LogP) is 2.76. The van der Waals surface area contributed by atoms with Crippen LogP contribution < -0.4 is 9.64 Å². The van der Waals surface area contributed by atoms with Crippen LogP contribution in [0.25, 0.3) is 0 Å². The van der Waals surface area contributed by atoms with E-state index in [0.717, 1.165) is 11.0 Å². The van der Waals surface area contributed by atoms with E-state index in [0.29, 0.717) is 4.90 Å². The molecule has 1 aromatic carbocycles. The highest BCUT2D eigenvalue weighted by Crippen LogP contribution is 2.35. The van der Waals surface area contributed by atoms with Gasteiger partial charge in [-0.05, 0) is 11.5 Å². The number of nitro groups is 1. The monoisotopic (exact) mass is 403 g/mol. The number of ether oxygens (including phenoxy) is 1. The summed E-state index contributed by atoms with van der Waals surface area (Å²) < 4.78 is 43.9. The average molecular weight is 403 g/mol. The zero-order valence-corrected chi connectivity index (χ0v) is 15.6. The first-order valence-electron chi connectivity index (χ1n) is 8.33. The number of nitrogens with zero attached hydrogens (tertiary/aromatic N) is 3. The molecule has 0 N–H and O–H groups in total. The second-order valence-electron chi connectivity index (χ2n) is 7.60. The minimum absolute atomic E-state index is 0.0264. The van der Waals surface area contributed by atoms with Gasteiger partial charge in [0.1, 0.15) is 18.8 Å². The largest absolute Gasteiger partial charge is 0.482 e. The molecule has 1 heterocycles. The topological polar surface area (TPSA) is 93.0 Å². The minimum atomic E-state index is -4.60. The van der Waals surface area contributed by atoms with Gasteiger partial charge in [-0.2, -0.15) is 13.2 Å². The van der Waals surface area contributed by atoms with Gasteiger partial charge in [-0.15, -0.1) is 0 Å². The van der Waals surface area contributed by atoms with E-state index >= 15 is 0 Å². The van der Waals surface area contributed by atoms with Crippen molar-refractivity contribution in [2.45, 2.75) is 26.9 Å². The summed E-state index contributed by atoms with van der Waals surface area (Å²) in [5.74, 6) is -1.46. The van der Waals surface area contributed by atoms with Crippen LogP contribution in [0.3, 0.4) is 0 Å². The Hall–Kier alpha value is -2.85. The zero-order valence-electron chi connectivity index (χ0n) is 15.6. The van der Waals surface area contributed by atoms with Crippen LogP contribution in [0.5, 0.6) is 5.75 Å². The third-order valence-corrected chi connectivity index (χ3v) is 3.78. The lowest BCUT2D eigenvalue weighted by atomic mass is 9.96. The van der Waals surface area contributed by atoms with Crippen molar-refractivity contribution in [2.24, 2.45) is 5.41 Å². The summed E-state index contributed by atoms with van der Waals surface area (Å²) in [6, 6.07) is 3.50. The first kappa shape index (κ1) is 21.5. The molecule has 0 saturated carbocycles. The maximum Gasteiger partial charge on any atom is 0.406 e. The molecule has 1 aliphatic heterocycles. The standard InChI is InChI=1S/C17H20F3N3O5/c1-16(2,3)9-21(10-17(18,19)20)14(24)7-22-12-6-11(23(26)27)4-5-13(12)28-8-15(22)25/h4-6H,7-10H2,1-3H3. The van der Waals surface area contributed by atoms with Crippen molar-refractivity contribution in [3.8, 4) is 5.75 Å². The van der Waals surface area contributed by atoms with Crippen molar-refractivity contribution in [2.75, 3.05) is 31.1 Å². The Balaban J connectivity index is 2.31. The van der Waals surface area contributed by atoms with E-state index in [4.69, 9.17) is 4.74 Å². The Morgan fingerprint density at radius 2 is 1.93 bits per heavy atom. The van der Waals surface area contributed by atoms with Crippen molar-refractivity contribution in [3.05, 3.63) is 28.3 Å². The van der Waals surface area contributed by atoms with Crippen LogP contribution in [0.4, 0.5) is 24.5 Å². The molecule has 1 aliphatic rings. The van der Waals surface area contributed by atoms with Crippen LogP contribution in [0.1, 0.15) is 20.8 Å². The summed E-state index contributed by atoms with van der Waals surface area (Å²) in [6.45, 7) is 2.32. The van der Waals surface area contributed by atoms with E-state index in [1.54, 1.807) is 20.8 Å². The number of benzene rings is 1. The van der Waals surface area contributed by atoms with Gasteiger partial charge < -0.3 is 9.64 Å². The molecule has 2 amide bonds. The predicted molar refractivity (Wildman–Crippen MR) is 93.0 cm³/mol. The molecule has 2 rings (SSSR count). The van der Waals surface area contributed by atoms with Crippen LogP contribution in [-0.2, 0) is 9.59 Å². The first-order valence-corrected chi connectivity index (χ1v) is 8.33. The number of hydrogen-bond acceptors (Lipinski definition) is 5. The quantitative estimate of drug-likeness (QED) is 0.557. The summed E-state index contributed by atoms with van der Waals surface area (Å²) in [6.07, 6.45) is -4.60. The Labute approximate surface area is 159 Å². The van der Waals surface area contributed by atoms with Crippen LogP contribution in [0.2, 0.25) is 0 Å². The zero-order chi connectivity index (χ0) is 21.3. The Kier molecular flexibility index (Phi) is 5.86. The fraction of sp³-hybridized carbons (Fsp3) is 0.529. The molecule has 0 radical (unpaired) electrons. The third-order valence-electron chi connectivity index (χ3n) is 3.78. The molecule has 0 unspecified atom stereocenters. The molecule has 0 atom stereocenters. The SMILES string of the molecule is CC(C)(C)CN(CC(F)(F)F)C(=O)CN1C(=O)COc2ccc([N+](=O)[O-])cc21. The van der Waals surface area contributed by atoms with Gasteiger partial charge in [-0.25, -0.2) is 0 Å². The maximum absolute atomic E-state index is 12.9. The number of alkyl halides is 3. The molecule has 0 saturated heterocycles. The summed E-state index contributed by atoms with van der Waals surface area (Å²) >= 11 is 0. The van der Waals surface area contributed by atoms with Gasteiger partial charge in [0.05, 0.1) is 10.6 Å². The van der Waals surface area contributed by atoms with Gasteiger partial charge in [0, 0.05) is 18.7 Å². The lowest BCUT2D eigenvalue weighted by Crippen LogP contribution is -2.50. The highest BCUT2D eigenvalue weighted by molar-refractivity contribution is 6.02. The van der Waals surface area contributed by atoms with Crippen molar-refractivity contribution in [1.82, 2.24) is 4.90 Å². The van der Waals surface area contributed by atoms with Gasteiger partial charge in [-0.1, -0.05) is 20.8 Å². The lowest BCUT2D eigenvalue weighted by Gasteiger charge is -2.34. The van der Waals surface area contributed by atoms with Gasteiger partial charge >= 0.3 is 6.18 Å². The molecule has 28 heavy (non-hydrogen) atoms. The van der Waals surface area contributed by atoms with Crippen LogP contribution in [0, 0.1) is 15.5 Å². The summed E-state index contributed by atoms with van der Waals surface area (Å²) in [7, 11) is 0. The average Bonchev–Trinajstić information content (AvgIpc) is 2.53. The van der Waals surface area contributed by atoms with E-state index in [1.807, 2.05) is 0 Å². The number of carbonyl (C=O) groups is 2. The van der Waals surface area contributed by atoms with Crippen LogP contribution in [-0.4, -0.2) is 54.1 Å². The molecule has 0 aromatic heterocycles. The van der Waals surface area contributed by atoms with Crippen molar-refractivity contribution < 1.29 is 32.4 Å². The van der Waals surface area contributed by atoms with E-state index < -0.39 is 48.0 Å². The van der Waals surface area contributed by atoms with E-state index in [2.05, 4.69) is 0 Å². The van der Waals surface area contributed by atoms with Gasteiger partial charge in [0.2, 0.25) is 5.91 Å². The second-order valence-corrected chi connectivity index (χ2v) is 7.60. The summed E-state index contributed by atoms with van der Waals surface area (Å²) in [4.78, 5) is 36.7. The van der Waals surface area contributed by atoms with E-state index in [1.165, 1.54) is 12.1 Å². The van der Waals surface area contributed by atoms with Crippen LogP contribution >= 0.6 is 0 Å². The number of nitro benzene ring substituents is 1. The molecule has 1 aromatic rings. The number of fused-ring (bicyclic) bond motifs is 1. The molecule has 0 spiro atoms. The van der Waals surface area contributed by atoms with Crippen molar-refractivity contribution >= 4 is 23.2 Å². The van der Waals surface area contributed by atoms with E-state index in [-0.39, 0.29) is 23.7 Å². The molecular formula is C17H20F3N3O5. The first-order chi connectivity index (χ1) is 12.8. The smallest absolute Gasteiger partial charge is 0.406 e. The molecule has 8 nitrogen and oxygen atoms in total. The minimum Gasteiger partial charge on any atom is -0.482 e. The number of carbonyl (C=O) groups excluding carboxylic acids is 2. The third kappa shape index (κ3) is 5.57. The molecular weight excluding hydrogens is 383 g/mol. The molecule has 11 heteroatoms. The van der Waals surface area contributed by atoms with Crippen molar-refractivity contribution in [3.63, 3.8) is 0 Å². The number of rotatable bonds is 5. The fourth-order valence-corrected chi connectivity index (χ4v) is 2.73. The summed E-state index contributed by atoms with van der Waals surface area (Å²) in [5.41, 5.74) is -0.968. The second kappa shape index (κ2) is 7.64. The maximum atomic E-state index is 12.9. The lowest BCUT2D eigenvalue weighted by molar-refractivity contribution is -0.384. The van der Waals surface area contributed by atoms with Crippen LogP contribution in [0.15, 0.2) is 18.2 Å². The molecule has 0 bridgehead atoms. The number of hydrogen-bond donors (Lipinski definition) is 0. The Morgan fingerprint density at radius 3 is 2.46 bits per heavy atom. The number of anilines is 1. The highest BCUT2D eigenvalue weighted by Gasteiger charge is 2.37.